The molecule has 0 heterocycles. The molecule has 0 aliphatic heterocycles. The fraction of sp³-hybridized carbons (Fsp3) is 0.333. The Labute approximate surface area is 149 Å². The molecule has 0 spiro atoms. The lowest BCUT2D eigenvalue weighted by Gasteiger charge is -2.08. The second kappa shape index (κ2) is 11.8. The van der Waals surface area contributed by atoms with Crippen molar-refractivity contribution >= 4 is 11.9 Å². The molecule has 25 heavy (non-hydrogen) atoms. The first-order valence-electron chi connectivity index (χ1n) is 8.29. The Bertz CT molecular complexity index is 623. The van der Waals surface area contributed by atoms with Gasteiger partial charge in [-0.05, 0) is 24.0 Å². The molecule has 0 aliphatic carbocycles. The van der Waals surface area contributed by atoms with Crippen LogP contribution < -0.4 is 0 Å². The van der Waals surface area contributed by atoms with Crippen molar-refractivity contribution in [2.24, 2.45) is 5.92 Å². The van der Waals surface area contributed by atoms with Crippen molar-refractivity contribution in [2.45, 2.75) is 26.2 Å². The van der Waals surface area contributed by atoms with Crippen molar-refractivity contribution in [1.29, 1.82) is 0 Å². The molecule has 0 N–H and O–H groups in total. The lowest BCUT2D eigenvalue weighted by molar-refractivity contribution is -0.144. The van der Waals surface area contributed by atoms with Crippen molar-refractivity contribution in [1.82, 2.24) is 0 Å². The Morgan fingerprint density at radius 3 is 1.84 bits per heavy atom. The molecule has 0 radical (unpaired) electrons. The Morgan fingerprint density at radius 2 is 1.36 bits per heavy atom. The summed E-state index contributed by atoms with van der Waals surface area (Å²) in [6, 6.07) is 19.8. The third-order valence-corrected chi connectivity index (χ3v) is 3.68. The van der Waals surface area contributed by atoms with Crippen molar-refractivity contribution in [3.05, 3.63) is 71.8 Å². The van der Waals surface area contributed by atoms with Gasteiger partial charge < -0.3 is 9.47 Å². The topological polar surface area (TPSA) is 52.6 Å². The molecule has 4 nitrogen and oxygen atoms in total. The second-order valence-corrected chi connectivity index (χ2v) is 5.68. The van der Waals surface area contributed by atoms with Gasteiger partial charge in [0.25, 0.3) is 0 Å². The molecule has 4 heteroatoms. The summed E-state index contributed by atoms with van der Waals surface area (Å²) in [7, 11) is 2.83. The summed E-state index contributed by atoms with van der Waals surface area (Å²) < 4.78 is 9.18. The van der Waals surface area contributed by atoms with Gasteiger partial charge in [-0.15, -0.1) is 0 Å². The van der Waals surface area contributed by atoms with Crippen LogP contribution in [0.1, 0.15) is 24.5 Å². The number of hydrogen-bond acceptors (Lipinski definition) is 4. The van der Waals surface area contributed by atoms with E-state index in [9.17, 15) is 9.59 Å². The van der Waals surface area contributed by atoms with E-state index in [1.54, 1.807) is 0 Å². The van der Waals surface area contributed by atoms with Gasteiger partial charge in [0.05, 0.1) is 20.1 Å². The zero-order valence-corrected chi connectivity index (χ0v) is 15.1. The van der Waals surface area contributed by atoms with Gasteiger partial charge in [-0.3, -0.25) is 9.59 Å². The zero-order chi connectivity index (χ0) is 18.5. The number of methoxy groups -OCH3 is 2. The maximum atomic E-state index is 11.1. The lowest BCUT2D eigenvalue weighted by Crippen LogP contribution is -2.14. The normalized spacial score (nSPS) is 10.8. The third kappa shape index (κ3) is 8.70. The van der Waals surface area contributed by atoms with Gasteiger partial charge >= 0.3 is 11.9 Å². The Balaban J connectivity index is 0.000000251. The largest absolute Gasteiger partial charge is 0.469 e. The number of esters is 2. The molecule has 0 aliphatic rings. The smallest absolute Gasteiger partial charge is 0.308 e. The van der Waals surface area contributed by atoms with Crippen molar-refractivity contribution in [3.63, 3.8) is 0 Å². The van der Waals surface area contributed by atoms with E-state index in [4.69, 9.17) is 0 Å². The summed E-state index contributed by atoms with van der Waals surface area (Å²) in [6.45, 7) is 1.87. The van der Waals surface area contributed by atoms with Crippen LogP contribution in [-0.2, 0) is 31.9 Å². The average molecular weight is 342 g/mol. The molecule has 0 fully saturated rings. The van der Waals surface area contributed by atoms with E-state index in [1.165, 1.54) is 25.3 Å². The molecule has 0 bridgehead atoms. The van der Waals surface area contributed by atoms with E-state index in [-0.39, 0.29) is 17.9 Å². The maximum Gasteiger partial charge on any atom is 0.308 e. The number of carbonyl (C=O) groups is 2. The number of benzene rings is 2. The van der Waals surface area contributed by atoms with E-state index in [0.717, 1.165) is 12.8 Å². The molecule has 1 unspecified atom stereocenters. The SMILES string of the molecule is COC(=O)C(C)Cc1ccccc1.COC(=O)CCc1ccccc1. The van der Waals surface area contributed by atoms with Gasteiger partial charge in [0.1, 0.15) is 0 Å². The first kappa shape index (κ1) is 20.4. The summed E-state index contributed by atoms with van der Waals surface area (Å²) in [5.74, 6) is -0.366. The second-order valence-electron chi connectivity index (χ2n) is 5.68. The van der Waals surface area contributed by atoms with E-state index in [1.807, 2.05) is 67.6 Å². The molecule has 2 rings (SSSR count). The predicted molar refractivity (Wildman–Crippen MR) is 98.1 cm³/mol. The van der Waals surface area contributed by atoms with Crippen LogP contribution in [0, 0.1) is 5.92 Å². The van der Waals surface area contributed by atoms with Crippen LogP contribution in [0.25, 0.3) is 0 Å². The van der Waals surface area contributed by atoms with Crippen LogP contribution in [-0.4, -0.2) is 26.2 Å². The van der Waals surface area contributed by atoms with Gasteiger partial charge in [0.2, 0.25) is 0 Å². The molecule has 2 aromatic rings. The summed E-state index contributed by atoms with van der Waals surface area (Å²) in [5, 5.41) is 0. The quantitative estimate of drug-likeness (QED) is 0.749. The minimum atomic E-state index is -0.154. The minimum Gasteiger partial charge on any atom is -0.469 e. The maximum absolute atomic E-state index is 11.1. The van der Waals surface area contributed by atoms with Crippen LogP contribution in [0.3, 0.4) is 0 Å². The number of ether oxygens (including phenoxy) is 2. The van der Waals surface area contributed by atoms with Gasteiger partial charge in [0.15, 0.2) is 0 Å². The van der Waals surface area contributed by atoms with Crippen LogP contribution in [0.2, 0.25) is 0 Å². The van der Waals surface area contributed by atoms with Crippen molar-refractivity contribution in [2.75, 3.05) is 14.2 Å². The molecule has 2 aromatic carbocycles. The van der Waals surface area contributed by atoms with Gasteiger partial charge in [0, 0.05) is 6.42 Å². The number of aryl methyl sites for hydroxylation is 1. The molecule has 134 valence electrons. The third-order valence-electron chi connectivity index (χ3n) is 3.68. The highest BCUT2D eigenvalue weighted by atomic mass is 16.5. The van der Waals surface area contributed by atoms with Gasteiger partial charge in [-0.25, -0.2) is 0 Å². The van der Waals surface area contributed by atoms with Gasteiger partial charge in [-0.2, -0.15) is 0 Å². The Hall–Kier alpha value is -2.62. The average Bonchev–Trinajstić information content (AvgIpc) is 2.67. The fourth-order valence-electron chi connectivity index (χ4n) is 2.25. The highest BCUT2D eigenvalue weighted by Gasteiger charge is 2.12. The summed E-state index contributed by atoms with van der Waals surface area (Å²) in [6.07, 6.45) is 1.96. The first-order valence-corrected chi connectivity index (χ1v) is 8.29. The van der Waals surface area contributed by atoms with E-state index < -0.39 is 0 Å². The van der Waals surface area contributed by atoms with Crippen molar-refractivity contribution in [3.8, 4) is 0 Å². The molecule has 0 aromatic heterocycles. The lowest BCUT2D eigenvalue weighted by atomic mass is 10.0. The first-order chi connectivity index (χ1) is 12.1. The summed E-state index contributed by atoms with van der Waals surface area (Å²) in [4.78, 5) is 21.9. The number of carbonyl (C=O) groups excluding carboxylic acids is 2. The molecular weight excluding hydrogens is 316 g/mol. The van der Waals surface area contributed by atoms with E-state index in [2.05, 4.69) is 9.47 Å². The molecule has 0 amide bonds. The van der Waals surface area contributed by atoms with E-state index >= 15 is 0 Å². The van der Waals surface area contributed by atoms with Crippen molar-refractivity contribution < 1.29 is 19.1 Å². The standard InChI is InChI=1S/C11H14O2.C10H12O2/c1-9(11(12)13-2)8-10-6-4-3-5-7-10;1-12-10(11)8-7-9-5-3-2-4-6-9/h3-7,9H,8H2,1-2H3;2-6H,7-8H2,1H3. The van der Waals surface area contributed by atoms with E-state index in [0.29, 0.717) is 6.42 Å². The predicted octanol–water partition coefficient (Wildman–Crippen LogP) is 3.83. The fourth-order valence-corrected chi connectivity index (χ4v) is 2.25. The summed E-state index contributed by atoms with van der Waals surface area (Å²) >= 11 is 0. The highest BCUT2D eigenvalue weighted by Crippen LogP contribution is 2.09. The monoisotopic (exact) mass is 342 g/mol. The summed E-state index contributed by atoms with van der Waals surface area (Å²) in [5.41, 5.74) is 2.34. The van der Waals surface area contributed by atoms with Crippen LogP contribution in [0.4, 0.5) is 0 Å². The zero-order valence-electron chi connectivity index (χ0n) is 15.1. The minimum absolute atomic E-state index is 0.0626. The molecule has 0 saturated carbocycles. The van der Waals surface area contributed by atoms with Crippen LogP contribution in [0.15, 0.2) is 60.7 Å². The Kier molecular flexibility index (Phi) is 9.68. The van der Waals surface area contributed by atoms with Crippen LogP contribution in [0.5, 0.6) is 0 Å². The number of rotatable bonds is 6. The number of hydrogen-bond donors (Lipinski definition) is 0. The molecule has 0 saturated heterocycles. The highest BCUT2D eigenvalue weighted by molar-refractivity contribution is 5.72. The molecule has 1 atom stereocenters. The molecular formula is C21H26O4. The Morgan fingerprint density at radius 1 is 0.840 bits per heavy atom. The van der Waals surface area contributed by atoms with Crippen LogP contribution >= 0.6 is 0 Å². The van der Waals surface area contributed by atoms with Gasteiger partial charge in [-0.1, -0.05) is 67.6 Å².